The van der Waals surface area contributed by atoms with Gasteiger partial charge in [0, 0.05) is 17.6 Å². The van der Waals surface area contributed by atoms with Crippen LogP contribution in [0.3, 0.4) is 0 Å². The zero-order valence-electron chi connectivity index (χ0n) is 15.5. The third-order valence-electron chi connectivity index (χ3n) is 5.06. The molecule has 1 aromatic carbocycles. The minimum absolute atomic E-state index is 0.0573. The van der Waals surface area contributed by atoms with Crippen LogP contribution in [0.2, 0.25) is 5.02 Å². The minimum Gasteiger partial charge on any atom is -0.468 e. The van der Waals surface area contributed by atoms with Crippen molar-refractivity contribution in [2.75, 3.05) is 20.7 Å². The first kappa shape index (κ1) is 19.7. The van der Waals surface area contributed by atoms with Crippen LogP contribution in [0, 0.1) is 11.8 Å². The molecule has 1 aliphatic rings. The van der Waals surface area contributed by atoms with Gasteiger partial charge in [-0.2, -0.15) is 0 Å². The van der Waals surface area contributed by atoms with Crippen LogP contribution in [0.4, 0.5) is 0 Å². The Bertz CT molecular complexity index is 649. The van der Waals surface area contributed by atoms with Gasteiger partial charge < -0.3 is 10.1 Å². The standard InChI is InChI=1S/C19H27ClN2O3/c1-12(2)11-21-17(23)14-10-19(3,18(24)25-5)22(4)16(14)13-8-6-7-9-15(13)20/h6-9,12,14,16H,10-11H2,1-5H3,(H,21,23)/t14-,16-,19-/m0/s1. The summed E-state index contributed by atoms with van der Waals surface area (Å²) in [5.74, 6) is -0.425. The number of amides is 1. The predicted molar refractivity (Wildman–Crippen MR) is 98.3 cm³/mol. The Morgan fingerprint density at radius 3 is 2.60 bits per heavy atom. The average molecular weight is 367 g/mol. The summed E-state index contributed by atoms with van der Waals surface area (Å²) in [6.07, 6.45) is 0.385. The van der Waals surface area contributed by atoms with Crippen molar-refractivity contribution in [2.45, 2.75) is 38.8 Å². The number of hydrogen-bond donors (Lipinski definition) is 1. The van der Waals surface area contributed by atoms with E-state index < -0.39 is 5.54 Å². The van der Waals surface area contributed by atoms with Gasteiger partial charge in [0.1, 0.15) is 5.54 Å². The zero-order valence-corrected chi connectivity index (χ0v) is 16.3. The highest BCUT2D eigenvalue weighted by Gasteiger charge is 2.55. The maximum Gasteiger partial charge on any atom is 0.326 e. The molecule has 1 fully saturated rings. The Balaban J connectivity index is 2.41. The van der Waals surface area contributed by atoms with E-state index in [1.807, 2.05) is 57.0 Å². The Hall–Kier alpha value is -1.59. The lowest BCUT2D eigenvalue weighted by molar-refractivity contribution is -0.152. The fraction of sp³-hybridized carbons (Fsp3) is 0.579. The molecule has 1 aliphatic heterocycles. The molecule has 2 rings (SSSR count). The molecule has 0 unspecified atom stereocenters. The number of nitrogens with zero attached hydrogens (tertiary/aromatic N) is 1. The normalized spacial score (nSPS) is 26.7. The monoisotopic (exact) mass is 366 g/mol. The van der Waals surface area contributed by atoms with E-state index in [0.717, 1.165) is 5.56 Å². The SMILES string of the molecule is COC(=O)[C@]1(C)C[C@H](C(=O)NCC(C)C)[C@H](c2ccccc2Cl)N1C. The third kappa shape index (κ3) is 3.82. The van der Waals surface area contributed by atoms with Crippen LogP contribution < -0.4 is 5.32 Å². The van der Waals surface area contributed by atoms with Crippen molar-refractivity contribution in [3.63, 3.8) is 0 Å². The van der Waals surface area contributed by atoms with Crippen molar-refractivity contribution >= 4 is 23.5 Å². The molecule has 138 valence electrons. The molecule has 1 saturated heterocycles. The lowest BCUT2D eigenvalue weighted by Crippen LogP contribution is -2.47. The number of likely N-dealkylation sites (tertiary alicyclic amines) is 1. The third-order valence-corrected chi connectivity index (χ3v) is 5.41. The quantitative estimate of drug-likeness (QED) is 0.814. The van der Waals surface area contributed by atoms with Gasteiger partial charge in [0.25, 0.3) is 0 Å². The Morgan fingerprint density at radius 1 is 1.40 bits per heavy atom. The molecule has 0 aliphatic carbocycles. The fourth-order valence-corrected chi connectivity index (χ4v) is 3.77. The number of methoxy groups -OCH3 is 1. The van der Waals surface area contributed by atoms with Crippen molar-refractivity contribution in [3.8, 4) is 0 Å². The number of carbonyl (C=O) groups is 2. The van der Waals surface area contributed by atoms with Crippen molar-refractivity contribution < 1.29 is 14.3 Å². The number of nitrogens with one attached hydrogen (secondary N) is 1. The lowest BCUT2D eigenvalue weighted by Gasteiger charge is -2.33. The summed E-state index contributed by atoms with van der Waals surface area (Å²) in [5.41, 5.74) is -0.0256. The summed E-state index contributed by atoms with van der Waals surface area (Å²) in [4.78, 5) is 27.2. The second kappa shape index (κ2) is 7.75. The van der Waals surface area contributed by atoms with E-state index in [9.17, 15) is 9.59 Å². The zero-order chi connectivity index (χ0) is 18.8. The lowest BCUT2D eigenvalue weighted by atomic mass is 9.89. The van der Waals surface area contributed by atoms with Crippen LogP contribution in [0.15, 0.2) is 24.3 Å². The average Bonchev–Trinajstić information content (AvgIpc) is 2.85. The molecular weight excluding hydrogens is 340 g/mol. The van der Waals surface area contributed by atoms with Gasteiger partial charge in [-0.25, -0.2) is 0 Å². The van der Waals surface area contributed by atoms with Gasteiger partial charge in [-0.1, -0.05) is 43.6 Å². The smallest absolute Gasteiger partial charge is 0.326 e. The molecule has 0 bridgehead atoms. The van der Waals surface area contributed by atoms with Gasteiger partial charge in [-0.15, -0.1) is 0 Å². The molecule has 0 aromatic heterocycles. The maximum absolute atomic E-state index is 12.9. The molecular formula is C19H27ClN2O3. The van der Waals surface area contributed by atoms with Crippen molar-refractivity contribution in [1.29, 1.82) is 0 Å². The van der Waals surface area contributed by atoms with Gasteiger partial charge >= 0.3 is 5.97 Å². The topological polar surface area (TPSA) is 58.6 Å². The first-order valence-electron chi connectivity index (χ1n) is 8.55. The molecule has 0 spiro atoms. The largest absolute Gasteiger partial charge is 0.468 e. The predicted octanol–water partition coefficient (Wildman–Crippen LogP) is 3.04. The summed E-state index contributed by atoms with van der Waals surface area (Å²) in [6, 6.07) is 7.18. The molecule has 25 heavy (non-hydrogen) atoms. The highest BCUT2D eigenvalue weighted by atomic mass is 35.5. The van der Waals surface area contributed by atoms with Crippen molar-refractivity contribution in [1.82, 2.24) is 10.2 Å². The number of esters is 1. The van der Waals surface area contributed by atoms with Crippen LogP contribution in [0.1, 0.15) is 38.8 Å². The number of hydrogen-bond acceptors (Lipinski definition) is 4. The van der Waals surface area contributed by atoms with Gasteiger partial charge in [-0.05, 0) is 37.9 Å². The molecule has 5 nitrogen and oxygen atoms in total. The first-order chi connectivity index (χ1) is 11.7. The highest BCUT2D eigenvalue weighted by Crippen LogP contribution is 2.47. The summed E-state index contributed by atoms with van der Waals surface area (Å²) in [6.45, 7) is 6.51. The van der Waals surface area contributed by atoms with Crippen molar-refractivity contribution in [3.05, 3.63) is 34.9 Å². The van der Waals surface area contributed by atoms with E-state index in [-0.39, 0.29) is 23.8 Å². The van der Waals surface area contributed by atoms with E-state index in [1.54, 1.807) is 0 Å². The number of halogens is 1. The van der Waals surface area contributed by atoms with E-state index in [0.29, 0.717) is 23.9 Å². The second-order valence-corrected chi connectivity index (χ2v) is 7.70. The van der Waals surface area contributed by atoms with Crippen LogP contribution in [-0.2, 0) is 14.3 Å². The van der Waals surface area contributed by atoms with Crippen LogP contribution in [-0.4, -0.2) is 43.0 Å². The molecule has 1 heterocycles. The summed E-state index contributed by atoms with van der Waals surface area (Å²) < 4.78 is 5.00. The van der Waals surface area contributed by atoms with Crippen LogP contribution in [0.25, 0.3) is 0 Å². The van der Waals surface area contributed by atoms with Crippen LogP contribution in [0.5, 0.6) is 0 Å². The molecule has 3 atom stereocenters. The molecule has 0 saturated carbocycles. The number of ether oxygens (including phenoxy) is 1. The molecule has 1 N–H and O–H groups in total. The number of likely N-dealkylation sites (N-methyl/N-ethyl adjacent to an activating group) is 1. The van der Waals surface area contributed by atoms with E-state index in [2.05, 4.69) is 5.32 Å². The molecule has 0 radical (unpaired) electrons. The summed E-state index contributed by atoms with van der Waals surface area (Å²) in [5, 5.41) is 3.59. The van der Waals surface area contributed by atoms with Gasteiger partial charge in [0.05, 0.1) is 13.0 Å². The fourth-order valence-electron chi connectivity index (χ4n) is 3.52. The minimum atomic E-state index is -0.877. The summed E-state index contributed by atoms with van der Waals surface area (Å²) in [7, 11) is 3.22. The Kier molecular flexibility index (Phi) is 6.12. The highest BCUT2D eigenvalue weighted by molar-refractivity contribution is 6.31. The Morgan fingerprint density at radius 2 is 2.04 bits per heavy atom. The maximum atomic E-state index is 12.9. The number of benzene rings is 1. The molecule has 1 aromatic rings. The van der Waals surface area contributed by atoms with Gasteiger partial charge in [0.15, 0.2) is 0 Å². The van der Waals surface area contributed by atoms with E-state index in [1.165, 1.54) is 7.11 Å². The van der Waals surface area contributed by atoms with E-state index >= 15 is 0 Å². The van der Waals surface area contributed by atoms with Gasteiger partial charge in [0.2, 0.25) is 5.91 Å². The molecule has 1 amide bonds. The number of carbonyl (C=O) groups excluding carboxylic acids is 2. The Labute approximate surface area is 154 Å². The number of rotatable bonds is 5. The first-order valence-corrected chi connectivity index (χ1v) is 8.93. The van der Waals surface area contributed by atoms with Gasteiger partial charge in [-0.3, -0.25) is 14.5 Å². The van der Waals surface area contributed by atoms with Crippen LogP contribution >= 0.6 is 11.6 Å². The second-order valence-electron chi connectivity index (χ2n) is 7.29. The van der Waals surface area contributed by atoms with E-state index in [4.69, 9.17) is 16.3 Å². The molecule has 6 heteroatoms. The van der Waals surface area contributed by atoms with Crippen molar-refractivity contribution in [2.24, 2.45) is 11.8 Å². The summed E-state index contributed by atoms with van der Waals surface area (Å²) >= 11 is 6.40.